The molecule has 0 saturated carbocycles. The van der Waals surface area contributed by atoms with Crippen molar-refractivity contribution in [2.45, 2.75) is 24.8 Å². The highest BCUT2D eigenvalue weighted by molar-refractivity contribution is 7.92. The number of pyridine rings is 2. The van der Waals surface area contributed by atoms with Crippen molar-refractivity contribution in [1.82, 2.24) is 30.1 Å². The van der Waals surface area contributed by atoms with Crippen LogP contribution in [0.4, 0.5) is 5.82 Å². The molecule has 5 aromatic rings. The van der Waals surface area contributed by atoms with E-state index in [4.69, 9.17) is 31.0 Å². The lowest BCUT2D eigenvalue weighted by atomic mass is 10.1. The van der Waals surface area contributed by atoms with Crippen molar-refractivity contribution in [2.24, 2.45) is 0 Å². The highest BCUT2D eigenvalue weighted by Gasteiger charge is 2.26. The molecule has 0 fully saturated rings. The summed E-state index contributed by atoms with van der Waals surface area (Å²) in [5.41, 5.74) is 1.71. The molecule has 13 nitrogen and oxygen atoms in total. The second kappa shape index (κ2) is 13.0. The van der Waals surface area contributed by atoms with Crippen molar-refractivity contribution >= 4 is 28.1 Å². The minimum absolute atomic E-state index is 0.00753. The third-order valence-electron chi connectivity index (χ3n) is 6.08. The zero-order valence-corrected chi connectivity index (χ0v) is 25.5. The Morgan fingerprint density at radius 1 is 1.09 bits per heavy atom. The molecule has 44 heavy (non-hydrogen) atoms. The molecule has 1 aromatic carbocycles. The Kier molecular flexibility index (Phi) is 8.96. The SMILES string of the molecule is C=CCOc1nc(-c2ccnc(-c3nc(=S)o[nH]3)c2)nc(NS(=O)(=O)c2ccc(C(C)C)cn2)c1Oc1ccccc1OC. The molecule has 0 bridgehead atoms. The van der Waals surface area contributed by atoms with E-state index >= 15 is 0 Å². The summed E-state index contributed by atoms with van der Waals surface area (Å²) in [7, 11) is -2.78. The molecule has 0 aliphatic rings. The molecular formula is C29H27N7O6S2. The van der Waals surface area contributed by atoms with Crippen LogP contribution >= 0.6 is 12.2 Å². The second-order valence-corrected chi connectivity index (χ2v) is 11.4. The van der Waals surface area contributed by atoms with Gasteiger partial charge in [0.15, 0.2) is 34.0 Å². The number of ether oxygens (including phenoxy) is 3. The number of H-pyrrole nitrogens is 1. The molecular weight excluding hydrogens is 606 g/mol. The number of nitrogens with zero attached hydrogens (tertiary/aromatic N) is 5. The van der Waals surface area contributed by atoms with Gasteiger partial charge in [-0.1, -0.05) is 44.7 Å². The fourth-order valence-corrected chi connectivity index (χ4v) is 4.95. The minimum Gasteiger partial charge on any atom is -0.493 e. The molecule has 2 N–H and O–H groups in total. The maximum atomic E-state index is 13.6. The standard InChI is InChI=1S/C29H27N7O6S2/c1-5-14-40-28-24(41-22-9-7-6-8-21(22)39-4)27(36-44(37,38)23-11-10-19(16-31-23)17(2)3)32-25(33-28)18-12-13-30-20(15-18)26-34-29(43)42-35-26/h5-13,15-17H,1,14H2,2-4H3,(H,32,33,36)(H,34,35,43). The van der Waals surface area contributed by atoms with Crippen LogP contribution in [-0.4, -0.2) is 52.2 Å². The number of hydrogen-bond acceptors (Lipinski definition) is 12. The average molecular weight is 634 g/mol. The van der Waals surface area contributed by atoms with Crippen LogP contribution in [0.5, 0.6) is 23.1 Å². The molecule has 0 spiro atoms. The monoisotopic (exact) mass is 633 g/mol. The van der Waals surface area contributed by atoms with Crippen LogP contribution in [0, 0.1) is 4.84 Å². The first-order chi connectivity index (χ1) is 21.2. The molecule has 4 heterocycles. The van der Waals surface area contributed by atoms with E-state index in [1.165, 1.54) is 31.6 Å². The molecule has 4 aromatic heterocycles. The van der Waals surface area contributed by atoms with Gasteiger partial charge in [0.05, 0.1) is 7.11 Å². The minimum atomic E-state index is -4.26. The maximum Gasteiger partial charge on any atom is 0.314 e. The summed E-state index contributed by atoms with van der Waals surface area (Å²) in [5.74, 6) is 0.791. The largest absolute Gasteiger partial charge is 0.493 e. The third-order valence-corrected chi connectivity index (χ3v) is 7.51. The normalized spacial score (nSPS) is 11.3. The fourth-order valence-electron chi connectivity index (χ4n) is 3.88. The zero-order chi connectivity index (χ0) is 31.3. The summed E-state index contributed by atoms with van der Waals surface area (Å²) in [5, 5.41) is 2.38. The van der Waals surface area contributed by atoms with Crippen LogP contribution in [0.2, 0.25) is 0 Å². The predicted molar refractivity (Wildman–Crippen MR) is 164 cm³/mol. The Morgan fingerprint density at radius 2 is 1.89 bits per heavy atom. The Bertz CT molecular complexity index is 1960. The lowest BCUT2D eigenvalue weighted by Gasteiger charge is -2.18. The molecule has 0 amide bonds. The molecule has 5 rings (SSSR count). The van der Waals surface area contributed by atoms with Crippen LogP contribution in [0.1, 0.15) is 25.3 Å². The topological polar surface area (TPSA) is 167 Å². The molecule has 0 unspecified atom stereocenters. The zero-order valence-electron chi connectivity index (χ0n) is 23.8. The highest BCUT2D eigenvalue weighted by Crippen LogP contribution is 2.41. The molecule has 0 atom stereocenters. The van der Waals surface area contributed by atoms with Crippen molar-refractivity contribution in [3.05, 3.63) is 84.0 Å². The fraction of sp³-hybridized carbons (Fsp3) is 0.172. The first-order valence-corrected chi connectivity index (χ1v) is 15.0. The van der Waals surface area contributed by atoms with Crippen LogP contribution in [0.25, 0.3) is 22.9 Å². The summed E-state index contributed by atoms with van der Waals surface area (Å²) in [4.78, 5) is 21.7. The number of benzene rings is 1. The van der Waals surface area contributed by atoms with Gasteiger partial charge in [-0.15, -0.1) is 0 Å². The number of aromatic nitrogens is 6. The summed E-state index contributed by atoms with van der Waals surface area (Å²) in [6.45, 7) is 7.70. The van der Waals surface area contributed by atoms with Gasteiger partial charge in [0.2, 0.25) is 5.75 Å². The van der Waals surface area contributed by atoms with Crippen LogP contribution in [0.3, 0.4) is 0 Å². The Hall–Kier alpha value is -5.15. The summed E-state index contributed by atoms with van der Waals surface area (Å²) in [6.07, 6.45) is 4.53. The molecule has 0 aliphatic heterocycles. The quantitative estimate of drug-likeness (QED) is 0.123. The maximum absolute atomic E-state index is 13.6. The average Bonchev–Trinajstić information content (AvgIpc) is 3.47. The van der Waals surface area contributed by atoms with Crippen molar-refractivity contribution in [3.63, 3.8) is 0 Å². The van der Waals surface area contributed by atoms with Crippen LogP contribution in [-0.2, 0) is 10.0 Å². The van der Waals surface area contributed by atoms with Crippen LogP contribution < -0.4 is 18.9 Å². The van der Waals surface area contributed by atoms with Gasteiger partial charge < -0.3 is 18.7 Å². The number of nitrogens with one attached hydrogen (secondary N) is 2. The van der Waals surface area contributed by atoms with E-state index in [9.17, 15) is 8.42 Å². The Balaban J connectivity index is 1.66. The van der Waals surface area contributed by atoms with E-state index in [2.05, 4.69) is 41.4 Å². The van der Waals surface area contributed by atoms with E-state index in [1.54, 1.807) is 42.5 Å². The smallest absolute Gasteiger partial charge is 0.314 e. The van der Waals surface area contributed by atoms with E-state index in [-0.39, 0.29) is 57.2 Å². The Morgan fingerprint density at radius 3 is 2.55 bits per heavy atom. The first-order valence-electron chi connectivity index (χ1n) is 13.2. The summed E-state index contributed by atoms with van der Waals surface area (Å²) < 4.78 is 52.2. The molecule has 15 heteroatoms. The lowest BCUT2D eigenvalue weighted by molar-refractivity contribution is 0.320. The Labute approximate surface area is 258 Å². The van der Waals surface area contributed by atoms with Gasteiger partial charge in [0.1, 0.15) is 12.3 Å². The number of aromatic amines is 1. The van der Waals surface area contributed by atoms with Crippen LogP contribution in [0.15, 0.2) is 83.1 Å². The molecule has 0 saturated heterocycles. The molecule has 0 radical (unpaired) electrons. The van der Waals surface area contributed by atoms with Gasteiger partial charge >= 0.3 is 4.84 Å². The number of anilines is 1. The number of hydrogen-bond donors (Lipinski definition) is 2. The van der Waals surface area contributed by atoms with Gasteiger partial charge in [-0.25, -0.2) is 9.97 Å². The highest BCUT2D eigenvalue weighted by atomic mass is 32.2. The van der Waals surface area contributed by atoms with E-state index in [0.29, 0.717) is 17.0 Å². The number of rotatable bonds is 12. The number of para-hydroxylation sites is 2. The van der Waals surface area contributed by atoms with Crippen molar-refractivity contribution in [2.75, 3.05) is 18.4 Å². The summed E-state index contributed by atoms with van der Waals surface area (Å²) in [6, 6.07) is 13.2. The van der Waals surface area contributed by atoms with E-state index in [1.807, 2.05) is 13.8 Å². The van der Waals surface area contributed by atoms with Gasteiger partial charge in [0.25, 0.3) is 15.9 Å². The molecule has 226 valence electrons. The predicted octanol–water partition coefficient (Wildman–Crippen LogP) is 5.94. The molecule has 0 aliphatic carbocycles. The van der Waals surface area contributed by atoms with Gasteiger partial charge in [-0.05, 0) is 54.0 Å². The van der Waals surface area contributed by atoms with Gasteiger partial charge in [-0.3, -0.25) is 9.71 Å². The van der Waals surface area contributed by atoms with Crippen molar-refractivity contribution < 1.29 is 27.2 Å². The van der Waals surface area contributed by atoms with Gasteiger partial charge in [-0.2, -0.15) is 23.5 Å². The van der Waals surface area contributed by atoms with Crippen molar-refractivity contribution in [3.8, 4) is 46.0 Å². The van der Waals surface area contributed by atoms with E-state index in [0.717, 1.165) is 5.56 Å². The lowest BCUT2D eigenvalue weighted by Crippen LogP contribution is -2.17. The second-order valence-electron chi connectivity index (χ2n) is 9.43. The van der Waals surface area contributed by atoms with Crippen molar-refractivity contribution in [1.29, 1.82) is 0 Å². The number of methoxy groups -OCH3 is 1. The first kappa shape index (κ1) is 30.3. The van der Waals surface area contributed by atoms with Gasteiger partial charge in [0, 0.05) is 18.0 Å². The summed E-state index contributed by atoms with van der Waals surface area (Å²) >= 11 is 4.95. The third kappa shape index (κ3) is 6.74. The van der Waals surface area contributed by atoms with E-state index < -0.39 is 10.0 Å². The number of sulfonamides is 1.